The number of anilines is 1. The standard InChI is InChI=1S/C13H11BrN2O3/c1-18-13(17)11-7-8(5-6-16-11)19-12-9(14)3-2-4-10(12)15/h2-7H,15H2,1H3. The molecule has 0 atom stereocenters. The molecule has 0 unspecified atom stereocenters. The van der Waals surface area contributed by atoms with Crippen molar-refractivity contribution in [2.75, 3.05) is 12.8 Å². The second kappa shape index (κ2) is 5.71. The Kier molecular flexibility index (Phi) is 4.01. The predicted octanol–water partition coefficient (Wildman–Crippen LogP) is 3.01. The van der Waals surface area contributed by atoms with Gasteiger partial charge in [0.05, 0.1) is 17.3 Å². The Morgan fingerprint density at radius 2 is 2.16 bits per heavy atom. The molecule has 0 aliphatic carbocycles. The van der Waals surface area contributed by atoms with Crippen LogP contribution in [0.3, 0.4) is 0 Å². The van der Waals surface area contributed by atoms with Crippen LogP contribution in [0.5, 0.6) is 11.5 Å². The van der Waals surface area contributed by atoms with Crippen molar-refractivity contribution in [3.8, 4) is 11.5 Å². The van der Waals surface area contributed by atoms with Crippen molar-refractivity contribution >= 4 is 27.6 Å². The first-order valence-electron chi connectivity index (χ1n) is 5.38. The fraction of sp³-hybridized carbons (Fsp3) is 0.0769. The highest BCUT2D eigenvalue weighted by Gasteiger charge is 2.11. The van der Waals surface area contributed by atoms with Crippen LogP contribution in [0, 0.1) is 0 Å². The van der Waals surface area contributed by atoms with Crippen LogP contribution in [0.2, 0.25) is 0 Å². The first-order chi connectivity index (χ1) is 9.11. The third kappa shape index (κ3) is 3.03. The van der Waals surface area contributed by atoms with Crippen LogP contribution < -0.4 is 10.5 Å². The molecule has 0 spiro atoms. The summed E-state index contributed by atoms with van der Waals surface area (Å²) in [4.78, 5) is 15.3. The number of hydrogen-bond acceptors (Lipinski definition) is 5. The molecule has 1 aromatic carbocycles. The zero-order valence-corrected chi connectivity index (χ0v) is 11.7. The van der Waals surface area contributed by atoms with Gasteiger partial charge < -0.3 is 15.2 Å². The van der Waals surface area contributed by atoms with Gasteiger partial charge in [-0.3, -0.25) is 0 Å². The molecule has 6 heteroatoms. The first kappa shape index (κ1) is 13.4. The van der Waals surface area contributed by atoms with Gasteiger partial charge in [0.2, 0.25) is 0 Å². The molecule has 0 bridgehead atoms. The van der Waals surface area contributed by atoms with E-state index in [0.717, 1.165) is 4.47 Å². The number of carbonyl (C=O) groups excluding carboxylic acids is 1. The van der Waals surface area contributed by atoms with Crippen molar-refractivity contribution in [1.29, 1.82) is 0 Å². The topological polar surface area (TPSA) is 74.4 Å². The van der Waals surface area contributed by atoms with Crippen LogP contribution in [0.15, 0.2) is 41.0 Å². The van der Waals surface area contributed by atoms with Crippen LogP contribution in [0.25, 0.3) is 0 Å². The van der Waals surface area contributed by atoms with Crippen LogP contribution in [0.4, 0.5) is 5.69 Å². The Morgan fingerprint density at radius 3 is 2.84 bits per heavy atom. The minimum Gasteiger partial charge on any atom is -0.464 e. The molecule has 0 saturated heterocycles. The van der Waals surface area contributed by atoms with E-state index in [4.69, 9.17) is 10.5 Å². The number of rotatable bonds is 3. The summed E-state index contributed by atoms with van der Waals surface area (Å²) in [6.45, 7) is 0. The molecule has 1 aromatic heterocycles. The van der Waals surface area contributed by atoms with Crippen molar-refractivity contribution in [2.24, 2.45) is 0 Å². The normalized spacial score (nSPS) is 10.0. The minimum absolute atomic E-state index is 0.172. The number of pyridine rings is 1. The summed E-state index contributed by atoms with van der Waals surface area (Å²) in [5, 5.41) is 0. The van der Waals surface area contributed by atoms with Crippen LogP contribution in [-0.4, -0.2) is 18.1 Å². The number of carbonyl (C=O) groups is 1. The minimum atomic E-state index is -0.523. The second-order valence-electron chi connectivity index (χ2n) is 3.63. The summed E-state index contributed by atoms with van der Waals surface area (Å²) in [7, 11) is 1.29. The Bertz CT molecular complexity index is 596. The largest absolute Gasteiger partial charge is 0.464 e. The van der Waals surface area contributed by atoms with E-state index in [1.54, 1.807) is 18.2 Å². The summed E-state index contributed by atoms with van der Waals surface area (Å²) in [5.74, 6) is 0.420. The number of ether oxygens (including phenoxy) is 2. The molecule has 98 valence electrons. The number of esters is 1. The van der Waals surface area contributed by atoms with Gasteiger partial charge in [0.1, 0.15) is 5.75 Å². The molecule has 5 nitrogen and oxygen atoms in total. The quantitative estimate of drug-likeness (QED) is 0.694. The maximum Gasteiger partial charge on any atom is 0.356 e. The van der Waals surface area contributed by atoms with E-state index in [0.29, 0.717) is 17.2 Å². The van der Waals surface area contributed by atoms with Crippen molar-refractivity contribution in [1.82, 2.24) is 4.98 Å². The Hall–Kier alpha value is -2.08. The molecule has 2 aromatic rings. The van der Waals surface area contributed by atoms with Gasteiger partial charge in [-0.25, -0.2) is 9.78 Å². The number of methoxy groups -OCH3 is 1. The molecular formula is C13H11BrN2O3. The molecule has 2 rings (SSSR count). The van der Waals surface area contributed by atoms with E-state index in [-0.39, 0.29) is 5.69 Å². The number of aromatic nitrogens is 1. The smallest absolute Gasteiger partial charge is 0.356 e. The van der Waals surface area contributed by atoms with Crippen LogP contribution in [0.1, 0.15) is 10.5 Å². The highest BCUT2D eigenvalue weighted by atomic mass is 79.9. The van der Waals surface area contributed by atoms with Gasteiger partial charge in [-0.05, 0) is 34.1 Å². The lowest BCUT2D eigenvalue weighted by molar-refractivity contribution is 0.0593. The molecule has 19 heavy (non-hydrogen) atoms. The third-order valence-corrected chi connectivity index (χ3v) is 2.97. The number of benzene rings is 1. The number of nitrogen functional groups attached to an aromatic ring is 1. The molecule has 1 heterocycles. The maximum atomic E-state index is 11.4. The average Bonchev–Trinajstić information content (AvgIpc) is 2.42. The van der Waals surface area contributed by atoms with E-state index in [9.17, 15) is 4.79 Å². The number of nitrogens with zero attached hydrogens (tertiary/aromatic N) is 1. The number of hydrogen-bond donors (Lipinski definition) is 1. The number of para-hydroxylation sites is 1. The fourth-order valence-corrected chi connectivity index (χ4v) is 1.90. The Morgan fingerprint density at radius 1 is 1.37 bits per heavy atom. The van der Waals surface area contributed by atoms with Crippen LogP contribution in [-0.2, 0) is 4.74 Å². The zero-order chi connectivity index (χ0) is 13.8. The summed E-state index contributed by atoms with van der Waals surface area (Å²) in [5.41, 5.74) is 6.49. The predicted molar refractivity (Wildman–Crippen MR) is 74.2 cm³/mol. The van der Waals surface area contributed by atoms with E-state index >= 15 is 0 Å². The lowest BCUT2D eigenvalue weighted by Crippen LogP contribution is -2.04. The number of halogens is 1. The number of nitrogens with two attached hydrogens (primary N) is 1. The van der Waals surface area contributed by atoms with Gasteiger partial charge in [-0.2, -0.15) is 0 Å². The van der Waals surface area contributed by atoms with Crippen molar-refractivity contribution in [3.05, 3.63) is 46.7 Å². The van der Waals surface area contributed by atoms with Gasteiger partial charge >= 0.3 is 5.97 Å². The molecule has 0 aliphatic heterocycles. The van der Waals surface area contributed by atoms with E-state index in [1.807, 2.05) is 6.07 Å². The molecule has 0 saturated carbocycles. The lowest BCUT2D eigenvalue weighted by atomic mass is 10.3. The van der Waals surface area contributed by atoms with Crippen molar-refractivity contribution < 1.29 is 14.3 Å². The fourth-order valence-electron chi connectivity index (χ4n) is 1.44. The zero-order valence-electron chi connectivity index (χ0n) is 10.1. The summed E-state index contributed by atoms with van der Waals surface area (Å²) in [6.07, 6.45) is 1.47. The molecule has 0 aliphatic rings. The Labute approximate surface area is 118 Å². The summed E-state index contributed by atoms with van der Waals surface area (Å²) in [6, 6.07) is 8.46. The van der Waals surface area contributed by atoms with Gasteiger partial charge in [0.15, 0.2) is 11.4 Å². The lowest BCUT2D eigenvalue weighted by Gasteiger charge is -2.10. The van der Waals surface area contributed by atoms with Crippen molar-refractivity contribution in [3.63, 3.8) is 0 Å². The first-order valence-corrected chi connectivity index (χ1v) is 6.17. The molecular weight excluding hydrogens is 312 g/mol. The third-order valence-electron chi connectivity index (χ3n) is 2.34. The van der Waals surface area contributed by atoms with Crippen LogP contribution >= 0.6 is 15.9 Å². The molecule has 0 radical (unpaired) electrons. The van der Waals surface area contributed by atoms with E-state index in [1.165, 1.54) is 19.4 Å². The molecule has 2 N–H and O–H groups in total. The van der Waals surface area contributed by atoms with Gasteiger partial charge in [-0.1, -0.05) is 6.07 Å². The molecule has 0 fully saturated rings. The summed E-state index contributed by atoms with van der Waals surface area (Å²) < 4.78 is 11.0. The van der Waals surface area contributed by atoms with E-state index in [2.05, 4.69) is 25.7 Å². The van der Waals surface area contributed by atoms with Crippen molar-refractivity contribution in [2.45, 2.75) is 0 Å². The van der Waals surface area contributed by atoms with E-state index < -0.39 is 5.97 Å². The maximum absolute atomic E-state index is 11.4. The second-order valence-corrected chi connectivity index (χ2v) is 4.48. The SMILES string of the molecule is COC(=O)c1cc(Oc2c(N)cccc2Br)ccn1. The monoisotopic (exact) mass is 322 g/mol. The van der Waals surface area contributed by atoms with Gasteiger partial charge in [0, 0.05) is 12.3 Å². The highest BCUT2D eigenvalue weighted by Crippen LogP contribution is 2.34. The summed E-state index contributed by atoms with van der Waals surface area (Å²) >= 11 is 3.35. The van der Waals surface area contributed by atoms with Gasteiger partial charge in [-0.15, -0.1) is 0 Å². The average molecular weight is 323 g/mol. The Balaban J connectivity index is 2.31. The molecule has 0 amide bonds. The van der Waals surface area contributed by atoms with Gasteiger partial charge in [0.25, 0.3) is 0 Å². The highest BCUT2D eigenvalue weighted by molar-refractivity contribution is 9.10.